The Balaban J connectivity index is 1.57. The van der Waals surface area contributed by atoms with Crippen LogP contribution in [0, 0.1) is 5.92 Å². The van der Waals surface area contributed by atoms with Crippen molar-refractivity contribution in [3.63, 3.8) is 0 Å². The fraction of sp³-hybridized carbons (Fsp3) is 0.607. The summed E-state index contributed by atoms with van der Waals surface area (Å²) in [6.07, 6.45) is 3.95. The summed E-state index contributed by atoms with van der Waals surface area (Å²) in [5.74, 6) is -0.688. The summed E-state index contributed by atoms with van der Waals surface area (Å²) in [7, 11) is -2.92. The van der Waals surface area contributed by atoms with Crippen molar-refractivity contribution in [3.8, 4) is 0 Å². The number of carbonyl (C=O) groups excluding carboxylic acids is 3. The lowest BCUT2D eigenvalue weighted by Gasteiger charge is -2.33. The van der Waals surface area contributed by atoms with Gasteiger partial charge in [0.05, 0.1) is 30.9 Å². The molecule has 4 aliphatic rings. The van der Waals surface area contributed by atoms with Crippen molar-refractivity contribution in [1.82, 2.24) is 4.90 Å². The van der Waals surface area contributed by atoms with Crippen LogP contribution >= 0.6 is 0 Å². The predicted molar refractivity (Wildman–Crippen MR) is 146 cm³/mol. The quantitative estimate of drug-likeness (QED) is 0.406. The normalized spacial score (nSPS) is 31.1. The van der Waals surface area contributed by atoms with Crippen LogP contribution in [0.1, 0.15) is 44.6 Å². The number of likely N-dealkylation sites (tertiary alicyclic amines) is 1. The number of fused-ring (bicyclic) bond motifs is 2. The molecule has 9 nitrogen and oxygen atoms in total. The van der Waals surface area contributed by atoms with Gasteiger partial charge in [0.25, 0.3) is 5.91 Å². The third-order valence-corrected chi connectivity index (χ3v) is 11.5. The molecule has 0 radical (unpaired) electrons. The maximum Gasteiger partial charge on any atom is 0.264 e. The van der Waals surface area contributed by atoms with Gasteiger partial charge in [-0.25, -0.2) is 0 Å². The highest BCUT2D eigenvalue weighted by Gasteiger charge is 2.66. The maximum atomic E-state index is 14.2. The molecule has 3 saturated heterocycles. The third kappa shape index (κ3) is 4.13. The molecule has 38 heavy (non-hydrogen) atoms. The van der Waals surface area contributed by atoms with Crippen LogP contribution in [0.25, 0.3) is 0 Å². The number of aliphatic hydroxyl groups is 1. The van der Waals surface area contributed by atoms with Gasteiger partial charge in [0.1, 0.15) is 0 Å². The number of hydrogen-bond acceptors (Lipinski definition) is 6. The Hall–Kier alpha value is -2.53. The number of carbonyl (C=O) groups is 3. The highest BCUT2D eigenvalue weighted by atomic mass is 28.4. The predicted octanol–water partition coefficient (Wildman–Crippen LogP) is 2.52. The molecule has 3 fully saturated rings. The molecule has 1 aromatic rings. The van der Waals surface area contributed by atoms with E-state index in [4.69, 9.17) is 4.74 Å². The van der Waals surface area contributed by atoms with Crippen LogP contribution in [0.2, 0.25) is 18.6 Å². The Kier molecular flexibility index (Phi) is 7.04. The molecule has 3 amide bonds. The highest BCUT2D eigenvalue weighted by Crippen LogP contribution is 2.60. The highest BCUT2D eigenvalue weighted by molar-refractivity contribution is 6.71. The van der Waals surface area contributed by atoms with Crippen LogP contribution in [-0.2, 0) is 24.7 Å². The molecular formula is C28H39N3O6Si. The Morgan fingerprint density at radius 2 is 2.03 bits per heavy atom. The molecule has 5 atom stereocenters. The van der Waals surface area contributed by atoms with Gasteiger partial charge in [-0.15, -0.1) is 6.58 Å². The van der Waals surface area contributed by atoms with E-state index < -0.39 is 25.9 Å². The molecule has 0 aromatic heterocycles. The minimum Gasteiger partial charge on any atom is -0.432 e. The number of nitrogens with zero attached hydrogens (tertiary/aromatic N) is 3. The zero-order chi connectivity index (χ0) is 27.4. The van der Waals surface area contributed by atoms with Gasteiger partial charge in [0.2, 0.25) is 11.8 Å². The first-order valence-corrected chi connectivity index (χ1v) is 16.7. The van der Waals surface area contributed by atoms with E-state index in [2.05, 4.69) is 6.58 Å². The molecule has 0 saturated carbocycles. The van der Waals surface area contributed by atoms with E-state index in [1.165, 1.54) is 0 Å². The van der Waals surface area contributed by atoms with Crippen LogP contribution in [0.3, 0.4) is 0 Å². The lowest BCUT2D eigenvalue weighted by atomic mass is 9.82. The van der Waals surface area contributed by atoms with Crippen molar-refractivity contribution in [3.05, 3.63) is 36.4 Å². The van der Waals surface area contributed by atoms with Gasteiger partial charge >= 0.3 is 0 Å². The van der Waals surface area contributed by atoms with E-state index in [9.17, 15) is 24.3 Å². The Labute approximate surface area is 225 Å². The first-order valence-electron chi connectivity index (χ1n) is 13.7. The zero-order valence-electron chi connectivity index (χ0n) is 22.6. The van der Waals surface area contributed by atoms with Gasteiger partial charge in [-0.3, -0.25) is 14.4 Å². The van der Waals surface area contributed by atoms with E-state index in [0.29, 0.717) is 37.3 Å². The Bertz CT molecular complexity index is 1150. The van der Waals surface area contributed by atoms with Gasteiger partial charge in [-0.1, -0.05) is 13.0 Å². The van der Waals surface area contributed by atoms with E-state index in [0.717, 1.165) is 24.9 Å². The van der Waals surface area contributed by atoms with Crippen molar-refractivity contribution in [2.75, 3.05) is 36.0 Å². The lowest BCUT2D eigenvalue weighted by molar-refractivity contribution is -0.149. The second kappa shape index (κ2) is 9.89. The second-order valence-corrected chi connectivity index (χ2v) is 15.7. The maximum absolute atomic E-state index is 14.2. The van der Waals surface area contributed by atoms with E-state index in [1.807, 2.05) is 38.2 Å². The van der Waals surface area contributed by atoms with Crippen LogP contribution in [-0.4, -0.2) is 79.2 Å². The summed E-state index contributed by atoms with van der Waals surface area (Å²) in [4.78, 5) is 56.7. The first kappa shape index (κ1) is 27.0. The Morgan fingerprint density at radius 1 is 1.26 bits per heavy atom. The summed E-state index contributed by atoms with van der Waals surface area (Å²) in [5.41, 5.74) is 0.372. The fourth-order valence-corrected chi connectivity index (χ4v) is 9.86. The number of amides is 3. The van der Waals surface area contributed by atoms with E-state index >= 15 is 0 Å². The minimum absolute atomic E-state index is 0.0403. The average Bonchev–Trinajstić information content (AvgIpc) is 3.62. The van der Waals surface area contributed by atoms with E-state index in [1.54, 1.807) is 20.8 Å². The standard InChI is InChI=1S/C28H39N3O6Si/c1-5-12-31-22-11-10-19(29-14-7-9-24(29)33)15-21(22)28(27(31)35)18(2)26(38(3,4)36)23(37-28)16-25(34)30-13-6-8-20(30)17-32/h5,10-11,15,18,20,23,26,32,36H,1,6-9,12-14,16-17H2,2-4H3/t18-,20+,23+,26-,28+/m1/s1. The topological polar surface area (TPSA) is 111 Å². The number of anilines is 2. The van der Waals surface area contributed by atoms with Crippen LogP contribution in [0.4, 0.5) is 11.4 Å². The molecule has 206 valence electrons. The monoisotopic (exact) mass is 541 g/mol. The number of rotatable bonds is 7. The second-order valence-electron chi connectivity index (χ2n) is 11.7. The molecule has 5 rings (SSSR count). The van der Waals surface area contributed by atoms with Crippen LogP contribution < -0.4 is 9.80 Å². The third-order valence-electron chi connectivity index (χ3n) is 8.95. The van der Waals surface area contributed by atoms with Crippen molar-refractivity contribution >= 4 is 37.4 Å². The Morgan fingerprint density at radius 3 is 2.66 bits per heavy atom. The van der Waals surface area contributed by atoms with Crippen molar-refractivity contribution in [2.45, 2.75) is 75.4 Å². The lowest BCUT2D eigenvalue weighted by Crippen LogP contribution is -2.46. The van der Waals surface area contributed by atoms with Crippen molar-refractivity contribution in [2.24, 2.45) is 5.92 Å². The van der Waals surface area contributed by atoms with Crippen LogP contribution in [0.15, 0.2) is 30.9 Å². The van der Waals surface area contributed by atoms with E-state index in [-0.39, 0.29) is 42.3 Å². The SMILES string of the molecule is C=CCN1C(=O)[C@@]2(O[C@@H](CC(=O)N3CCC[C@H]3CO)[C@H]([Si](C)(C)O)[C@H]2C)c2cc(N3CCCC3=O)ccc21. The average molecular weight is 542 g/mol. The fourth-order valence-electron chi connectivity index (χ4n) is 7.31. The number of aliphatic hydroxyl groups excluding tert-OH is 1. The molecule has 0 unspecified atom stereocenters. The first-order chi connectivity index (χ1) is 18.0. The molecule has 0 aliphatic carbocycles. The molecule has 2 N–H and O–H groups in total. The summed E-state index contributed by atoms with van der Waals surface area (Å²) in [5, 5.41) is 9.75. The number of ether oxygens (including phenoxy) is 1. The zero-order valence-corrected chi connectivity index (χ0v) is 23.6. The molecule has 4 heterocycles. The van der Waals surface area contributed by atoms with Crippen molar-refractivity contribution < 1.29 is 29.0 Å². The summed E-state index contributed by atoms with van der Waals surface area (Å²) in [6, 6.07) is 5.43. The molecular weight excluding hydrogens is 502 g/mol. The summed E-state index contributed by atoms with van der Waals surface area (Å²) in [6.45, 7) is 10.9. The molecule has 10 heteroatoms. The number of benzene rings is 1. The van der Waals surface area contributed by atoms with Gasteiger partial charge in [-0.2, -0.15) is 0 Å². The van der Waals surface area contributed by atoms with Gasteiger partial charge < -0.3 is 29.3 Å². The summed E-state index contributed by atoms with van der Waals surface area (Å²) >= 11 is 0. The van der Waals surface area contributed by atoms with Crippen LogP contribution in [0.5, 0.6) is 0 Å². The van der Waals surface area contributed by atoms with Gasteiger partial charge in [0.15, 0.2) is 13.9 Å². The smallest absolute Gasteiger partial charge is 0.264 e. The molecule has 0 bridgehead atoms. The van der Waals surface area contributed by atoms with Gasteiger partial charge in [-0.05, 0) is 50.6 Å². The van der Waals surface area contributed by atoms with Gasteiger partial charge in [0, 0.05) is 48.8 Å². The minimum atomic E-state index is -2.92. The number of hydrogen-bond donors (Lipinski definition) is 2. The van der Waals surface area contributed by atoms with Crippen molar-refractivity contribution in [1.29, 1.82) is 0 Å². The molecule has 1 aromatic carbocycles. The largest absolute Gasteiger partial charge is 0.432 e. The molecule has 4 aliphatic heterocycles. The molecule has 1 spiro atoms. The summed E-state index contributed by atoms with van der Waals surface area (Å²) < 4.78 is 6.76.